The summed E-state index contributed by atoms with van der Waals surface area (Å²) in [6.07, 6.45) is 7.59. The smallest absolute Gasteiger partial charge is 0.254 e. The van der Waals surface area contributed by atoms with Gasteiger partial charge >= 0.3 is 0 Å². The molecule has 108 valence electrons. The molecule has 3 nitrogen and oxygen atoms in total. The van der Waals surface area contributed by atoms with E-state index in [0.717, 1.165) is 31.2 Å². The zero-order chi connectivity index (χ0) is 13.9. The highest BCUT2D eigenvalue weighted by Gasteiger charge is 2.29. The lowest BCUT2D eigenvalue weighted by Crippen LogP contribution is -2.45. The monoisotopic (exact) mass is 273 g/mol. The molecule has 20 heavy (non-hydrogen) atoms. The Kier molecular flexibility index (Phi) is 4.06. The molecule has 0 unspecified atom stereocenters. The number of carbonyl (C=O) groups excluding carboxylic acids is 1. The molecule has 1 aromatic rings. The molecular formula is C17H23NO2. The molecule has 0 radical (unpaired) electrons. The van der Waals surface area contributed by atoms with E-state index in [1.165, 1.54) is 24.0 Å². The number of rotatable bonds is 5. The van der Waals surface area contributed by atoms with E-state index in [1.807, 2.05) is 11.0 Å². The SMILES string of the molecule is O=C(c1ccc2c(c1)CCC2)N(CCCO)C1CCC1. The Morgan fingerprint density at radius 3 is 2.70 bits per heavy atom. The first-order chi connectivity index (χ1) is 9.79. The first kappa shape index (κ1) is 13.6. The van der Waals surface area contributed by atoms with Crippen molar-refractivity contribution < 1.29 is 9.90 Å². The summed E-state index contributed by atoms with van der Waals surface area (Å²) in [5.74, 6) is 0.151. The number of fused-ring (bicyclic) bond motifs is 1. The van der Waals surface area contributed by atoms with Crippen LogP contribution in [0.25, 0.3) is 0 Å². The molecule has 3 heteroatoms. The molecule has 0 spiro atoms. The van der Waals surface area contributed by atoms with Crippen LogP contribution in [0.1, 0.15) is 53.6 Å². The van der Waals surface area contributed by atoms with Crippen LogP contribution in [0.3, 0.4) is 0 Å². The second-order valence-corrected chi connectivity index (χ2v) is 6.00. The summed E-state index contributed by atoms with van der Waals surface area (Å²) in [6, 6.07) is 6.59. The predicted molar refractivity (Wildman–Crippen MR) is 78.8 cm³/mol. The number of amides is 1. The van der Waals surface area contributed by atoms with E-state index < -0.39 is 0 Å². The Balaban J connectivity index is 1.77. The highest BCUT2D eigenvalue weighted by Crippen LogP contribution is 2.28. The van der Waals surface area contributed by atoms with Crippen molar-refractivity contribution in [2.45, 2.75) is 51.0 Å². The van der Waals surface area contributed by atoms with E-state index in [-0.39, 0.29) is 12.5 Å². The van der Waals surface area contributed by atoms with Crippen molar-refractivity contribution in [3.8, 4) is 0 Å². The van der Waals surface area contributed by atoms with Crippen LogP contribution in [0, 0.1) is 0 Å². The van der Waals surface area contributed by atoms with Crippen LogP contribution in [-0.2, 0) is 12.8 Å². The molecule has 1 N–H and O–H groups in total. The van der Waals surface area contributed by atoms with Crippen molar-refractivity contribution in [1.29, 1.82) is 0 Å². The largest absolute Gasteiger partial charge is 0.396 e. The number of hydrogen-bond acceptors (Lipinski definition) is 2. The predicted octanol–water partition coefficient (Wildman–Crippen LogP) is 2.55. The lowest BCUT2D eigenvalue weighted by Gasteiger charge is -2.37. The van der Waals surface area contributed by atoms with Crippen LogP contribution in [0.15, 0.2) is 18.2 Å². The molecule has 0 bridgehead atoms. The van der Waals surface area contributed by atoms with Crippen LogP contribution in [0.4, 0.5) is 0 Å². The summed E-state index contributed by atoms with van der Waals surface area (Å²) < 4.78 is 0. The van der Waals surface area contributed by atoms with E-state index in [1.54, 1.807) is 0 Å². The van der Waals surface area contributed by atoms with Crippen LogP contribution in [0.5, 0.6) is 0 Å². The van der Waals surface area contributed by atoms with Crippen LogP contribution in [0.2, 0.25) is 0 Å². The van der Waals surface area contributed by atoms with Gasteiger partial charge in [0.1, 0.15) is 0 Å². The third-order valence-electron chi connectivity index (χ3n) is 4.68. The van der Waals surface area contributed by atoms with Crippen LogP contribution < -0.4 is 0 Å². The molecule has 0 aliphatic heterocycles. The average molecular weight is 273 g/mol. The van der Waals surface area contributed by atoms with Gasteiger partial charge in [0.2, 0.25) is 0 Å². The van der Waals surface area contributed by atoms with E-state index in [0.29, 0.717) is 19.0 Å². The molecule has 2 aliphatic carbocycles. The topological polar surface area (TPSA) is 40.5 Å². The molecule has 1 aromatic carbocycles. The zero-order valence-corrected chi connectivity index (χ0v) is 12.0. The summed E-state index contributed by atoms with van der Waals surface area (Å²) >= 11 is 0. The van der Waals surface area contributed by atoms with Crippen molar-refractivity contribution in [2.75, 3.05) is 13.2 Å². The van der Waals surface area contributed by atoms with Gasteiger partial charge in [0.05, 0.1) is 0 Å². The lowest BCUT2D eigenvalue weighted by atomic mass is 9.90. The number of aryl methyl sites for hydroxylation is 2. The third kappa shape index (κ3) is 2.59. The molecule has 3 rings (SSSR count). The summed E-state index contributed by atoms with van der Waals surface area (Å²) in [6.45, 7) is 0.831. The fourth-order valence-corrected chi connectivity index (χ4v) is 3.26. The molecule has 1 fully saturated rings. The Bertz CT molecular complexity index is 494. The van der Waals surface area contributed by atoms with Crippen molar-refractivity contribution in [3.05, 3.63) is 34.9 Å². The van der Waals surface area contributed by atoms with Gasteiger partial charge in [0.25, 0.3) is 5.91 Å². The Morgan fingerprint density at radius 2 is 2.00 bits per heavy atom. The standard InChI is InChI=1S/C17H23NO2/c19-11-3-10-18(16-6-2-7-16)17(20)15-9-8-13-4-1-5-14(13)12-15/h8-9,12,16,19H,1-7,10-11H2. The normalized spacial score (nSPS) is 17.6. The van der Waals surface area contributed by atoms with Crippen LogP contribution >= 0.6 is 0 Å². The van der Waals surface area contributed by atoms with Gasteiger partial charge in [0.15, 0.2) is 0 Å². The van der Waals surface area contributed by atoms with Gasteiger partial charge in [-0.25, -0.2) is 0 Å². The minimum atomic E-state index is 0.151. The Hall–Kier alpha value is -1.35. The summed E-state index contributed by atoms with van der Waals surface area (Å²) in [4.78, 5) is 14.7. The van der Waals surface area contributed by atoms with E-state index >= 15 is 0 Å². The molecule has 1 saturated carbocycles. The first-order valence-corrected chi connectivity index (χ1v) is 7.83. The molecule has 0 saturated heterocycles. The number of aliphatic hydroxyl groups excluding tert-OH is 1. The maximum absolute atomic E-state index is 12.7. The lowest BCUT2D eigenvalue weighted by molar-refractivity contribution is 0.0562. The number of hydrogen-bond donors (Lipinski definition) is 1. The van der Waals surface area contributed by atoms with Crippen molar-refractivity contribution in [3.63, 3.8) is 0 Å². The summed E-state index contributed by atoms with van der Waals surface area (Å²) in [5, 5.41) is 9.03. The van der Waals surface area contributed by atoms with Gasteiger partial charge in [-0.3, -0.25) is 4.79 Å². The minimum absolute atomic E-state index is 0.151. The minimum Gasteiger partial charge on any atom is -0.396 e. The summed E-state index contributed by atoms with van der Waals surface area (Å²) in [7, 11) is 0. The maximum Gasteiger partial charge on any atom is 0.254 e. The second-order valence-electron chi connectivity index (χ2n) is 6.00. The molecule has 2 aliphatic rings. The molecule has 1 amide bonds. The van der Waals surface area contributed by atoms with Gasteiger partial charge in [-0.2, -0.15) is 0 Å². The van der Waals surface area contributed by atoms with Crippen molar-refractivity contribution >= 4 is 5.91 Å². The van der Waals surface area contributed by atoms with E-state index in [9.17, 15) is 4.79 Å². The molecule has 0 heterocycles. The number of carbonyl (C=O) groups is 1. The highest BCUT2D eigenvalue weighted by atomic mass is 16.3. The van der Waals surface area contributed by atoms with Gasteiger partial charge in [-0.1, -0.05) is 6.07 Å². The van der Waals surface area contributed by atoms with E-state index in [4.69, 9.17) is 5.11 Å². The molecular weight excluding hydrogens is 250 g/mol. The van der Waals surface area contributed by atoms with E-state index in [2.05, 4.69) is 12.1 Å². The Morgan fingerprint density at radius 1 is 1.20 bits per heavy atom. The number of nitrogens with zero attached hydrogens (tertiary/aromatic N) is 1. The molecule has 0 aromatic heterocycles. The molecule has 0 atom stereocenters. The van der Waals surface area contributed by atoms with Gasteiger partial charge in [0, 0.05) is 24.8 Å². The zero-order valence-electron chi connectivity index (χ0n) is 12.0. The fraction of sp³-hybridized carbons (Fsp3) is 0.588. The van der Waals surface area contributed by atoms with Crippen molar-refractivity contribution in [1.82, 2.24) is 4.90 Å². The first-order valence-electron chi connectivity index (χ1n) is 7.83. The maximum atomic E-state index is 12.7. The summed E-state index contributed by atoms with van der Waals surface area (Å²) in [5.41, 5.74) is 3.59. The quantitative estimate of drug-likeness (QED) is 0.895. The van der Waals surface area contributed by atoms with Gasteiger partial charge < -0.3 is 10.0 Å². The van der Waals surface area contributed by atoms with Crippen molar-refractivity contribution in [2.24, 2.45) is 0 Å². The second kappa shape index (κ2) is 5.96. The number of aliphatic hydroxyl groups is 1. The Labute approximate surface area is 120 Å². The average Bonchev–Trinajstić information content (AvgIpc) is 2.87. The highest BCUT2D eigenvalue weighted by molar-refractivity contribution is 5.94. The van der Waals surface area contributed by atoms with Gasteiger partial charge in [-0.05, 0) is 68.2 Å². The number of benzene rings is 1. The fourth-order valence-electron chi connectivity index (χ4n) is 3.26. The third-order valence-corrected chi connectivity index (χ3v) is 4.68. The van der Waals surface area contributed by atoms with Crippen LogP contribution in [-0.4, -0.2) is 35.1 Å². The van der Waals surface area contributed by atoms with Gasteiger partial charge in [-0.15, -0.1) is 0 Å².